The number of nitrogens with one attached hydrogen (secondary N) is 1. The first kappa shape index (κ1) is 18.7. The van der Waals surface area contributed by atoms with Gasteiger partial charge in [-0.1, -0.05) is 0 Å². The number of piperidine rings is 1. The molecule has 0 saturated carbocycles. The summed E-state index contributed by atoms with van der Waals surface area (Å²) in [7, 11) is 0. The minimum absolute atomic E-state index is 0.260. The van der Waals surface area contributed by atoms with Crippen molar-refractivity contribution in [1.29, 1.82) is 0 Å². The summed E-state index contributed by atoms with van der Waals surface area (Å²) in [5, 5.41) is 4.46. The third-order valence-corrected chi connectivity index (χ3v) is 5.63. The highest BCUT2D eigenvalue weighted by Gasteiger charge is 2.25. The van der Waals surface area contributed by atoms with E-state index in [2.05, 4.69) is 39.1 Å². The number of aromatic nitrogens is 5. The molecule has 148 valence electrons. The molecule has 0 radical (unpaired) electrons. The van der Waals surface area contributed by atoms with E-state index in [1.807, 2.05) is 23.4 Å². The molecule has 7 nitrogen and oxygen atoms in total. The van der Waals surface area contributed by atoms with Crippen LogP contribution in [0.4, 0.5) is 0 Å². The molecular weight excluding hydrogens is 352 g/mol. The van der Waals surface area contributed by atoms with Crippen molar-refractivity contribution in [3.8, 4) is 0 Å². The zero-order valence-corrected chi connectivity index (χ0v) is 16.9. The number of hydrogen-bond acceptors (Lipinski definition) is 4. The van der Waals surface area contributed by atoms with Gasteiger partial charge in [0.15, 0.2) is 5.65 Å². The molecule has 3 aromatic rings. The third kappa shape index (κ3) is 3.93. The molecule has 4 rings (SSSR count). The molecule has 1 fully saturated rings. The molecule has 7 heteroatoms. The van der Waals surface area contributed by atoms with Crippen molar-refractivity contribution in [2.45, 2.75) is 58.9 Å². The lowest BCUT2D eigenvalue weighted by Gasteiger charge is -2.31. The van der Waals surface area contributed by atoms with Gasteiger partial charge in [-0.05, 0) is 52.2 Å². The average Bonchev–Trinajstić information content (AvgIpc) is 3.24. The quantitative estimate of drug-likeness (QED) is 0.737. The minimum atomic E-state index is 0.260. The smallest absolute Gasteiger partial charge is 0.222 e. The molecular formula is C21H28N6O. The van der Waals surface area contributed by atoms with Crippen LogP contribution in [0.2, 0.25) is 0 Å². The first-order valence-electron chi connectivity index (χ1n) is 10.1. The first-order valence-corrected chi connectivity index (χ1v) is 10.1. The Morgan fingerprint density at radius 3 is 2.68 bits per heavy atom. The maximum Gasteiger partial charge on any atom is 0.222 e. The van der Waals surface area contributed by atoms with E-state index in [1.165, 1.54) is 5.69 Å². The van der Waals surface area contributed by atoms with Crippen molar-refractivity contribution >= 4 is 17.1 Å². The summed E-state index contributed by atoms with van der Waals surface area (Å²) in [5.74, 6) is 0.700. The number of fused-ring (bicyclic) bond motifs is 1. The van der Waals surface area contributed by atoms with Gasteiger partial charge in [-0.25, -0.2) is 4.98 Å². The van der Waals surface area contributed by atoms with Gasteiger partial charge < -0.3 is 9.88 Å². The number of H-pyrrole nitrogens is 1. The number of nitrogens with zero attached hydrogens (tertiary/aromatic N) is 5. The number of amides is 1. The molecule has 1 amide bonds. The SMILES string of the molecule is Cc1cnc2cc(C3CCN(C(=O)CCCn4nc(C)cc4C)CC3)[nH]c2n1. The molecule has 0 bridgehead atoms. The maximum absolute atomic E-state index is 12.6. The standard InChI is InChI=1S/C21H28N6O/c1-14-11-16(3)27(25-14)8-4-5-20(28)26-9-6-17(7-10-26)18-12-19-21(24-18)23-15(2)13-22-19/h11-13,17H,4-10H2,1-3H3,(H,23,24). The number of rotatable bonds is 5. The fourth-order valence-electron chi connectivity index (χ4n) is 4.10. The summed E-state index contributed by atoms with van der Waals surface area (Å²) < 4.78 is 1.99. The van der Waals surface area contributed by atoms with Crippen LogP contribution in [-0.4, -0.2) is 48.6 Å². The zero-order chi connectivity index (χ0) is 19.7. The Kier molecular flexibility index (Phi) is 5.15. The van der Waals surface area contributed by atoms with Crippen molar-refractivity contribution < 1.29 is 4.79 Å². The molecule has 0 atom stereocenters. The molecule has 28 heavy (non-hydrogen) atoms. The van der Waals surface area contributed by atoms with Crippen LogP contribution in [0, 0.1) is 20.8 Å². The second-order valence-electron chi connectivity index (χ2n) is 7.88. The van der Waals surface area contributed by atoms with Crippen molar-refractivity contribution in [1.82, 2.24) is 29.6 Å². The molecule has 3 aromatic heterocycles. The lowest BCUT2D eigenvalue weighted by molar-refractivity contribution is -0.132. The molecule has 1 aliphatic heterocycles. The zero-order valence-electron chi connectivity index (χ0n) is 16.9. The second-order valence-corrected chi connectivity index (χ2v) is 7.88. The third-order valence-electron chi connectivity index (χ3n) is 5.63. The molecule has 1 N–H and O–H groups in total. The van der Waals surface area contributed by atoms with Crippen molar-refractivity contribution in [3.05, 3.63) is 41.1 Å². The molecule has 1 aliphatic rings. The van der Waals surface area contributed by atoms with Gasteiger partial charge in [-0.2, -0.15) is 5.10 Å². The predicted molar refractivity (Wildman–Crippen MR) is 108 cm³/mol. The number of aryl methyl sites for hydroxylation is 4. The van der Waals surface area contributed by atoms with E-state index in [4.69, 9.17) is 0 Å². The van der Waals surface area contributed by atoms with Crippen molar-refractivity contribution in [2.75, 3.05) is 13.1 Å². The Morgan fingerprint density at radius 2 is 1.96 bits per heavy atom. The van der Waals surface area contributed by atoms with E-state index in [0.29, 0.717) is 12.3 Å². The van der Waals surface area contributed by atoms with Gasteiger partial charge in [-0.3, -0.25) is 14.5 Å². The summed E-state index contributed by atoms with van der Waals surface area (Å²) >= 11 is 0. The van der Waals surface area contributed by atoms with Crippen LogP contribution >= 0.6 is 0 Å². The number of aromatic amines is 1. The van der Waals surface area contributed by atoms with Gasteiger partial charge in [0.2, 0.25) is 5.91 Å². The van der Waals surface area contributed by atoms with E-state index in [0.717, 1.165) is 67.1 Å². The Balaban J connectivity index is 1.28. The molecule has 0 aliphatic carbocycles. The number of carbonyl (C=O) groups excluding carboxylic acids is 1. The van der Waals surface area contributed by atoms with Crippen molar-refractivity contribution in [2.24, 2.45) is 0 Å². The van der Waals surface area contributed by atoms with Crippen LogP contribution in [0.5, 0.6) is 0 Å². The summed E-state index contributed by atoms with van der Waals surface area (Å²) in [5.41, 5.74) is 6.08. The van der Waals surface area contributed by atoms with Gasteiger partial charge in [0.25, 0.3) is 0 Å². The fourth-order valence-corrected chi connectivity index (χ4v) is 4.10. The molecule has 0 aromatic carbocycles. The summed E-state index contributed by atoms with van der Waals surface area (Å²) in [4.78, 5) is 27.0. The van der Waals surface area contributed by atoms with E-state index in [9.17, 15) is 4.79 Å². The number of likely N-dealkylation sites (tertiary alicyclic amines) is 1. The normalized spacial score (nSPS) is 15.5. The Morgan fingerprint density at radius 1 is 1.18 bits per heavy atom. The molecule has 4 heterocycles. The summed E-state index contributed by atoms with van der Waals surface area (Å²) in [6, 6.07) is 4.18. The highest BCUT2D eigenvalue weighted by Crippen LogP contribution is 2.29. The lowest BCUT2D eigenvalue weighted by Crippen LogP contribution is -2.38. The summed E-state index contributed by atoms with van der Waals surface area (Å²) in [6.07, 6.45) is 5.18. The van der Waals surface area contributed by atoms with Gasteiger partial charge >= 0.3 is 0 Å². The monoisotopic (exact) mass is 380 g/mol. The van der Waals surface area contributed by atoms with E-state index < -0.39 is 0 Å². The van der Waals surface area contributed by atoms with E-state index in [1.54, 1.807) is 6.20 Å². The fraction of sp³-hybridized carbons (Fsp3) is 0.524. The van der Waals surface area contributed by atoms with Crippen LogP contribution in [0.1, 0.15) is 54.4 Å². The summed E-state index contributed by atoms with van der Waals surface area (Å²) in [6.45, 7) is 8.45. The van der Waals surface area contributed by atoms with Gasteiger partial charge in [0.05, 0.1) is 11.4 Å². The largest absolute Gasteiger partial charge is 0.343 e. The predicted octanol–water partition coefficient (Wildman–Crippen LogP) is 3.27. The van der Waals surface area contributed by atoms with Gasteiger partial charge in [-0.15, -0.1) is 0 Å². The van der Waals surface area contributed by atoms with Crippen LogP contribution in [0.25, 0.3) is 11.2 Å². The van der Waals surface area contributed by atoms with Crippen molar-refractivity contribution in [3.63, 3.8) is 0 Å². The minimum Gasteiger partial charge on any atom is -0.343 e. The highest BCUT2D eigenvalue weighted by atomic mass is 16.2. The van der Waals surface area contributed by atoms with Crippen LogP contribution in [-0.2, 0) is 11.3 Å². The molecule has 0 spiro atoms. The highest BCUT2D eigenvalue weighted by molar-refractivity contribution is 5.76. The van der Waals surface area contributed by atoms with Crippen LogP contribution in [0.3, 0.4) is 0 Å². The maximum atomic E-state index is 12.6. The topological polar surface area (TPSA) is 79.7 Å². The van der Waals surface area contributed by atoms with Gasteiger partial charge in [0.1, 0.15) is 5.52 Å². The second kappa shape index (κ2) is 7.73. The lowest BCUT2D eigenvalue weighted by atomic mass is 9.93. The Bertz CT molecular complexity index is 980. The number of hydrogen-bond donors (Lipinski definition) is 1. The van der Waals surface area contributed by atoms with E-state index in [-0.39, 0.29) is 5.91 Å². The first-order chi connectivity index (χ1) is 13.5. The van der Waals surface area contributed by atoms with Crippen LogP contribution in [0.15, 0.2) is 18.3 Å². The Labute approximate surface area is 165 Å². The van der Waals surface area contributed by atoms with E-state index >= 15 is 0 Å². The number of carbonyl (C=O) groups is 1. The molecule has 0 unspecified atom stereocenters. The van der Waals surface area contributed by atoms with Gasteiger partial charge in [0, 0.05) is 49.6 Å². The van der Waals surface area contributed by atoms with Crippen LogP contribution < -0.4 is 0 Å². The average molecular weight is 380 g/mol. The molecule has 1 saturated heterocycles. The Hall–Kier alpha value is -2.70.